The van der Waals surface area contributed by atoms with Gasteiger partial charge in [0.25, 0.3) is 0 Å². The number of hydrogen-bond acceptors (Lipinski definition) is 5. The lowest BCUT2D eigenvalue weighted by Crippen LogP contribution is -2.40. The smallest absolute Gasteiger partial charge is 0.193 e. The lowest BCUT2D eigenvalue weighted by Gasteiger charge is -2.25. The molecule has 0 bridgehead atoms. The molecule has 0 amide bonds. The molecule has 0 aliphatic heterocycles. The Balaban J connectivity index is 0.00000480. The lowest BCUT2D eigenvalue weighted by molar-refractivity contribution is 0.305. The van der Waals surface area contributed by atoms with Crippen LogP contribution in [-0.4, -0.2) is 80.5 Å². The van der Waals surface area contributed by atoms with E-state index in [4.69, 9.17) is 14.5 Å². The largest absolute Gasteiger partial charge is 0.493 e. The van der Waals surface area contributed by atoms with E-state index in [1.807, 2.05) is 36.3 Å². The highest BCUT2D eigenvalue weighted by Gasteiger charge is 2.16. The molecule has 0 spiro atoms. The van der Waals surface area contributed by atoms with Crippen molar-refractivity contribution in [1.29, 1.82) is 0 Å². The zero-order chi connectivity index (χ0) is 22.1. The molecule has 0 saturated carbocycles. The first-order valence-corrected chi connectivity index (χ1v) is 10.2. The van der Waals surface area contributed by atoms with E-state index in [2.05, 4.69) is 54.3 Å². The minimum atomic E-state index is 0. The molecule has 0 saturated heterocycles. The summed E-state index contributed by atoms with van der Waals surface area (Å²) in [6.07, 6.45) is 4.84. The fourth-order valence-corrected chi connectivity index (χ4v) is 3.26. The highest BCUT2D eigenvalue weighted by atomic mass is 127. The van der Waals surface area contributed by atoms with Crippen molar-refractivity contribution >= 4 is 29.9 Å². The maximum Gasteiger partial charge on any atom is 0.193 e. The molecule has 1 unspecified atom stereocenters. The van der Waals surface area contributed by atoms with Crippen molar-refractivity contribution in [2.45, 2.75) is 19.4 Å². The third kappa shape index (κ3) is 7.88. The van der Waals surface area contributed by atoms with E-state index in [0.29, 0.717) is 6.54 Å². The highest BCUT2D eigenvalue weighted by molar-refractivity contribution is 14.0. The van der Waals surface area contributed by atoms with Crippen LogP contribution in [0.2, 0.25) is 0 Å². The molecule has 31 heavy (non-hydrogen) atoms. The average Bonchev–Trinajstić information content (AvgIpc) is 3.16. The maximum atomic E-state index is 5.41. The first-order valence-electron chi connectivity index (χ1n) is 10.2. The zero-order valence-corrected chi connectivity index (χ0v) is 22.1. The molecule has 2 rings (SSSR count). The third-order valence-corrected chi connectivity index (χ3v) is 5.03. The normalized spacial score (nSPS) is 12.3. The monoisotopic (exact) mass is 544 g/mol. The summed E-state index contributed by atoms with van der Waals surface area (Å²) in [6, 6.07) is 6.22. The van der Waals surface area contributed by atoms with Crippen molar-refractivity contribution in [2.75, 3.05) is 55.0 Å². The molecular formula is C22H37IN6O2. The molecule has 1 aromatic carbocycles. The Labute approximate surface area is 203 Å². The van der Waals surface area contributed by atoms with Gasteiger partial charge in [-0.25, -0.2) is 0 Å². The van der Waals surface area contributed by atoms with Crippen LogP contribution in [0.5, 0.6) is 11.5 Å². The van der Waals surface area contributed by atoms with Crippen LogP contribution in [0.15, 0.2) is 35.6 Å². The Morgan fingerprint density at radius 1 is 1.19 bits per heavy atom. The number of rotatable bonds is 10. The first kappa shape index (κ1) is 27.0. The minimum Gasteiger partial charge on any atom is -0.493 e. The van der Waals surface area contributed by atoms with Gasteiger partial charge in [0.1, 0.15) is 0 Å². The van der Waals surface area contributed by atoms with Gasteiger partial charge in [-0.3, -0.25) is 9.67 Å². The maximum absolute atomic E-state index is 5.41. The summed E-state index contributed by atoms with van der Waals surface area (Å²) in [5, 5.41) is 7.71. The second kappa shape index (κ2) is 13.4. The number of aliphatic imine (C=N–C) groups is 1. The number of benzene rings is 1. The molecular weight excluding hydrogens is 507 g/mol. The van der Waals surface area contributed by atoms with Gasteiger partial charge < -0.3 is 24.6 Å². The van der Waals surface area contributed by atoms with Gasteiger partial charge in [-0.15, -0.1) is 24.0 Å². The van der Waals surface area contributed by atoms with Crippen molar-refractivity contribution in [2.24, 2.45) is 12.0 Å². The number of ether oxygens (including phenoxy) is 2. The van der Waals surface area contributed by atoms with Gasteiger partial charge >= 0.3 is 0 Å². The Morgan fingerprint density at radius 2 is 1.90 bits per heavy atom. The van der Waals surface area contributed by atoms with Crippen molar-refractivity contribution in [3.8, 4) is 11.5 Å². The van der Waals surface area contributed by atoms with Crippen molar-refractivity contribution < 1.29 is 9.47 Å². The molecule has 1 heterocycles. The summed E-state index contributed by atoms with van der Waals surface area (Å²) in [6.45, 7) is 4.39. The third-order valence-electron chi connectivity index (χ3n) is 5.03. The standard InChI is InChI=1S/C22H36N6O2.HI/c1-8-23-22(24-15-19(26(2)3)18-14-25-28(5)16-18)27(4)12-11-17-9-10-20(29-6)21(13-17)30-7;/h9-10,13-14,16,19H,8,11-12,15H2,1-7H3,(H,23,24);1H. The molecule has 0 radical (unpaired) electrons. The van der Waals surface area contributed by atoms with E-state index in [9.17, 15) is 0 Å². The highest BCUT2D eigenvalue weighted by Crippen LogP contribution is 2.27. The van der Waals surface area contributed by atoms with Gasteiger partial charge in [0.2, 0.25) is 0 Å². The fraction of sp³-hybridized carbons (Fsp3) is 0.545. The Morgan fingerprint density at radius 3 is 2.45 bits per heavy atom. The summed E-state index contributed by atoms with van der Waals surface area (Å²) in [5.41, 5.74) is 2.35. The van der Waals surface area contributed by atoms with Crippen LogP contribution in [0, 0.1) is 0 Å². The van der Waals surface area contributed by atoms with Crippen LogP contribution in [-0.2, 0) is 13.5 Å². The van der Waals surface area contributed by atoms with E-state index in [0.717, 1.165) is 42.5 Å². The molecule has 8 nitrogen and oxygen atoms in total. The fourth-order valence-electron chi connectivity index (χ4n) is 3.26. The Bertz CT molecular complexity index is 824. The number of nitrogens with one attached hydrogen (secondary N) is 1. The molecule has 1 N–H and O–H groups in total. The number of aryl methyl sites for hydroxylation is 1. The van der Waals surface area contributed by atoms with Gasteiger partial charge in [0.05, 0.1) is 33.0 Å². The van der Waals surface area contributed by atoms with Gasteiger partial charge in [0, 0.05) is 38.9 Å². The van der Waals surface area contributed by atoms with Crippen LogP contribution >= 0.6 is 24.0 Å². The van der Waals surface area contributed by atoms with Crippen LogP contribution in [0.3, 0.4) is 0 Å². The number of likely N-dealkylation sites (N-methyl/N-ethyl adjacent to an activating group) is 2. The first-order chi connectivity index (χ1) is 14.4. The molecule has 0 aliphatic carbocycles. The number of methoxy groups -OCH3 is 2. The van der Waals surface area contributed by atoms with Gasteiger partial charge in [-0.05, 0) is 45.1 Å². The van der Waals surface area contributed by atoms with E-state index < -0.39 is 0 Å². The number of aromatic nitrogens is 2. The van der Waals surface area contributed by atoms with Crippen LogP contribution in [0.1, 0.15) is 24.1 Å². The summed E-state index contributed by atoms with van der Waals surface area (Å²) in [7, 11) is 11.5. The second-order valence-electron chi connectivity index (χ2n) is 7.48. The van der Waals surface area contributed by atoms with E-state index in [1.165, 1.54) is 5.56 Å². The van der Waals surface area contributed by atoms with Crippen molar-refractivity contribution in [1.82, 2.24) is 24.9 Å². The topological polar surface area (TPSA) is 67.2 Å². The van der Waals surface area contributed by atoms with Gasteiger partial charge in [-0.2, -0.15) is 5.10 Å². The zero-order valence-electron chi connectivity index (χ0n) is 19.8. The summed E-state index contributed by atoms with van der Waals surface area (Å²) >= 11 is 0. The molecule has 1 atom stereocenters. The minimum absolute atomic E-state index is 0. The van der Waals surface area contributed by atoms with E-state index >= 15 is 0 Å². The van der Waals surface area contributed by atoms with Crippen molar-refractivity contribution in [3.63, 3.8) is 0 Å². The molecule has 0 fully saturated rings. The quantitative estimate of drug-likeness (QED) is 0.282. The van der Waals surface area contributed by atoms with E-state index in [1.54, 1.807) is 14.2 Å². The Kier molecular flexibility index (Phi) is 11.7. The average molecular weight is 544 g/mol. The van der Waals surface area contributed by atoms with Gasteiger partial charge in [-0.1, -0.05) is 6.07 Å². The number of nitrogens with zero attached hydrogens (tertiary/aromatic N) is 5. The Hall–Kier alpha value is -2.01. The van der Waals surface area contributed by atoms with E-state index in [-0.39, 0.29) is 30.0 Å². The molecule has 0 aliphatic rings. The van der Waals surface area contributed by atoms with Crippen molar-refractivity contribution in [3.05, 3.63) is 41.7 Å². The second-order valence-corrected chi connectivity index (χ2v) is 7.48. The number of halogens is 1. The number of guanidine groups is 1. The van der Waals surface area contributed by atoms with Gasteiger partial charge in [0.15, 0.2) is 17.5 Å². The summed E-state index contributed by atoms with van der Waals surface area (Å²) in [4.78, 5) is 9.24. The van der Waals surface area contributed by atoms with Crippen LogP contribution in [0.4, 0.5) is 0 Å². The predicted octanol–water partition coefficient (Wildman–Crippen LogP) is 2.80. The molecule has 2 aromatic rings. The summed E-state index contributed by atoms with van der Waals surface area (Å²) < 4.78 is 12.6. The molecule has 174 valence electrons. The summed E-state index contributed by atoms with van der Waals surface area (Å²) in [5.74, 6) is 2.40. The SMILES string of the molecule is CCNC(=NCC(c1cnn(C)c1)N(C)C)N(C)CCc1ccc(OC)c(OC)c1.I. The molecule has 1 aromatic heterocycles. The number of hydrogen-bond donors (Lipinski definition) is 1. The lowest BCUT2D eigenvalue weighted by atomic mass is 10.1. The molecule has 9 heteroatoms. The predicted molar refractivity (Wildman–Crippen MR) is 137 cm³/mol. The van der Waals surface area contributed by atoms with Crippen LogP contribution < -0.4 is 14.8 Å². The van der Waals surface area contributed by atoms with Crippen LogP contribution in [0.25, 0.3) is 0 Å².